The van der Waals surface area contributed by atoms with Crippen LogP contribution in [0.1, 0.15) is 49.1 Å². The lowest BCUT2D eigenvalue weighted by atomic mass is 9.94. The van der Waals surface area contributed by atoms with Crippen molar-refractivity contribution in [1.82, 2.24) is 10.2 Å². The zero-order valence-corrected chi connectivity index (χ0v) is 12.9. The molecule has 1 aliphatic heterocycles. The number of likely N-dealkylation sites (tertiary alicyclic amines) is 1. The van der Waals surface area contributed by atoms with Crippen LogP contribution in [-0.2, 0) is 11.2 Å². The largest absolute Gasteiger partial charge is 0.480 e. The van der Waals surface area contributed by atoms with Crippen LogP contribution in [0.5, 0.6) is 0 Å². The SMILES string of the molecule is CC1(C(=O)O)CCCN1C(=O)NC1CCCc2sccc21. The normalized spacial score (nSPS) is 28.2. The molecule has 2 N–H and O–H groups in total. The first kappa shape index (κ1) is 14.4. The fraction of sp³-hybridized carbons (Fsp3) is 0.600. The van der Waals surface area contributed by atoms with Crippen LogP contribution in [0.25, 0.3) is 0 Å². The molecular weight excluding hydrogens is 288 g/mol. The molecule has 0 aromatic carbocycles. The summed E-state index contributed by atoms with van der Waals surface area (Å²) in [7, 11) is 0. The van der Waals surface area contributed by atoms with Gasteiger partial charge < -0.3 is 15.3 Å². The maximum absolute atomic E-state index is 12.5. The number of carbonyl (C=O) groups is 2. The molecule has 0 bridgehead atoms. The van der Waals surface area contributed by atoms with Crippen molar-refractivity contribution < 1.29 is 14.7 Å². The summed E-state index contributed by atoms with van der Waals surface area (Å²) in [4.78, 5) is 26.8. The molecule has 2 unspecified atom stereocenters. The van der Waals surface area contributed by atoms with E-state index in [2.05, 4.69) is 16.8 Å². The predicted molar refractivity (Wildman–Crippen MR) is 80.5 cm³/mol. The van der Waals surface area contributed by atoms with Crippen LogP contribution in [0.15, 0.2) is 11.4 Å². The molecule has 1 saturated heterocycles. The van der Waals surface area contributed by atoms with Crippen molar-refractivity contribution in [3.63, 3.8) is 0 Å². The second-order valence-corrected chi connectivity index (χ2v) is 7.03. The van der Waals surface area contributed by atoms with Crippen LogP contribution in [0, 0.1) is 0 Å². The second-order valence-electron chi connectivity index (χ2n) is 6.03. The number of thiophene rings is 1. The molecule has 2 amide bonds. The zero-order chi connectivity index (χ0) is 15.0. The number of hydrogen-bond donors (Lipinski definition) is 2. The van der Waals surface area contributed by atoms with E-state index < -0.39 is 11.5 Å². The molecule has 5 nitrogen and oxygen atoms in total. The average Bonchev–Trinajstić information content (AvgIpc) is 3.06. The lowest BCUT2D eigenvalue weighted by Gasteiger charge is -2.33. The Balaban J connectivity index is 1.75. The molecule has 0 saturated carbocycles. The van der Waals surface area contributed by atoms with Gasteiger partial charge in [0.15, 0.2) is 0 Å². The first-order valence-electron chi connectivity index (χ1n) is 7.40. The molecule has 2 aliphatic rings. The topological polar surface area (TPSA) is 69.6 Å². The minimum absolute atomic E-state index is 0.0196. The van der Waals surface area contributed by atoms with Gasteiger partial charge in [-0.05, 0) is 56.0 Å². The molecular formula is C15H20N2O3S. The Labute approximate surface area is 128 Å². The monoisotopic (exact) mass is 308 g/mol. The quantitative estimate of drug-likeness (QED) is 0.882. The smallest absolute Gasteiger partial charge is 0.329 e. The van der Waals surface area contributed by atoms with Crippen molar-refractivity contribution in [3.8, 4) is 0 Å². The van der Waals surface area contributed by atoms with E-state index >= 15 is 0 Å². The summed E-state index contributed by atoms with van der Waals surface area (Å²) >= 11 is 1.73. The standard InChI is InChI=1S/C15H20N2O3S/c1-15(13(18)19)7-3-8-17(15)14(20)16-11-4-2-5-12-10(11)6-9-21-12/h6,9,11H,2-5,7-8H2,1H3,(H,16,20)(H,18,19). The van der Waals surface area contributed by atoms with Gasteiger partial charge in [0.05, 0.1) is 6.04 Å². The highest BCUT2D eigenvalue weighted by molar-refractivity contribution is 7.10. The van der Waals surface area contributed by atoms with Gasteiger partial charge in [-0.15, -0.1) is 11.3 Å². The molecule has 0 radical (unpaired) electrons. The predicted octanol–water partition coefficient (Wildman–Crippen LogP) is 2.77. The van der Waals surface area contributed by atoms with Gasteiger partial charge in [0.1, 0.15) is 5.54 Å². The van der Waals surface area contributed by atoms with Crippen LogP contribution in [0.2, 0.25) is 0 Å². The summed E-state index contributed by atoms with van der Waals surface area (Å²) in [5.74, 6) is -0.921. The number of aryl methyl sites for hydroxylation is 1. The van der Waals surface area contributed by atoms with E-state index in [9.17, 15) is 14.7 Å². The summed E-state index contributed by atoms with van der Waals surface area (Å²) in [6.45, 7) is 2.15. The number of carboxylic acids is 1. The van der Waals surface area contributed by atoms with Gasteiger partial charge in [0.25, 0.3) is 0 Å². The van der Waals surface area contributed by atoms with Gasteiger partial charge in [0, 0.05) is 11.4 Å². The molecule has 3 rings (SSSR count). The Bertz CT molecular complexity index is 571. The van der Waals surface area contributed by atoms with E-state index in [4.69, 9.17) is 0 Å². The third-order valence-electron chi connectivity index (χ3n) is 4.70. The number of amides is 2. The van der Waals surface area contributed by atoms with Crippen molar-refractivity contribution in [3.05, 3.63) is 21.9 Å². The molecule has 114 valence electrons. The lowest BCUT2D eigenvalue weighted by Crippen LogP contribution is -2.54. The number of carbonyl (C=O) groups excluding carboxylic acids is 1. The van der Waals surface area contributed by atoms with Gasteiger partial charge in [-0.2, -0.15) is 0 Å². The Morgan fingerprint density at radius 1 is 1.48 bits per heavy atom. The molecule has 2 heterocycles. The summed E-state index contributed by atoms with van der Waals surface area (Å²) < 4.78 is 0. The number of nitrogens with one attached hydrogen (secondary N) is 1. The minimum atomic E-state index is -1.07. The fourth-order valence-corrected chi connectivity index (χ4v) is 4.36. The number of fused-ring (bicyclic) bond motifs is 1. The molecule has 2 atom stereocenters. The molecule has 1 aromatic rings. The van der Waals surface area contributed by atoms with Crippen molar-refractivity contribution in [1.29, 1.82) is 0 Å². The fourth-order valence-electron chi connectivity index (χ4n) is 3.37. The number of urea groups is 1. The number of carboxylic acid groups (broad SMARTS) is 1. The van der Waals surface area contributed by atoms with Crippen molar-refractivity contribution in [2.45, 2.75) is 50.6 Å². The maximum atomic E-state index is 12.5. The molecule has 1 aromatic heterocycles. The molecule has 1 fully saturated rings. The minimum Gasteiger partial charge on any atom is -0.480 e. The van der Waals surface area contributed by atoms with Crippen molar-refractivity contribution in [2.24, 2.45) is 0 Å². The van der Waals surface area contributed by atoms with Crippen LogP contribution in [-0.4, -0.2) is 34.1 Å². The van der Waals surface area contributed by atoms with Gasteiger partial charge in [-0.1, -0.05) is 0 Å². The van der Waals surface area contributed by atoms with E-state index in [1.165, 1.54) is 15.3 Å². The van der Waals surface area contributed by atoms with Crippen LogP contribution < -0.4 is 5.32 Å². The number of hydrogen-bond acceptors (Lipinski definition) is 3. The van der Waals surface area contributed by atoms with Gasteiger partial charge in [-0.25, -0.2) is 9.59 Å². The molecule has 6 heteroatoms. The van der Waals surface area contributed by atoms with E-state index in [0.29, 0.717) is 13.0 Å². The number of nitrogens with zero attached hydrogens (tertiary/aromatic N) is 1. The molecule has 1 aliphatic carbocycles. The van der Waals surface area contributed by atoms with Crippen molar-refractivity contribution in [2.75, 3.05) is 6.54 Å². The lowest BCUT2D eigenvalue weighted by molar-refractivity contribution is -0.147. The highest BCUT2D eigenvalue weighted by Gasteiger charge is 2.46. The Kier molecular flexibility index (Phi) is 3.65. The van der Waals surface area contributed by atoms with Crippen molar-refractivity contribution >= 4 is 23.3 Å². The summed E-state index contributed by atoms with van der Waals surface area (Å²) in [6, 6.07) is 1.84. The third kappa shape index (κ3) is 2.41. The number of rotatable bonds is 2. The molecule has 21 heavy (non-hydrogen) atoms. The zero-order valence-electron chi connectivity index (χ0n) is 12.1. The number of aliphatic carboxylic acids is 1. The summed E-state index contributed by atoms with van der Waals surface area (Å²) in [6.07, 6.45) is 4.33. The van der Waals surface area contributed by atoms with Crippen LogP contribution >= 0.6 is 11.3 Å². The van der Waals surface area contributed by atoms with E-state index in [-0.39, 0.29) is 12.1 Å². The van der Waals surface area contributed by atoms with E-state index in [1.54, 1.807) is 18.3 Å². The Morgan fingerprint density at radius 2 is 2.29 bits per heavy atom. The summed E-state index contributed by atoms with van der Waals surface area (Å²) in [5.41, 5.74) is 0.131. The Hall–Kier alpha value is -1.56. The highest BCUT2D eigenvalue weighted by Crippen LogP contribution is 2.34. The highest BCUT2D eigenvalue weighted by atomic mass is 32.1. The first-order chi connectivity index (χ1) is 10.0. The maximum Gasteiger partial charge on any atom is 0.329 e. The van der Waals surface area contributed by atoms with Gasteiger partial charge in [0.2, 0.25) is 0 Å². The third-order valence-corrected chi connectivity index (χ3v) is 5.69. The second kappa shape index (κ2) is 5.33. The summed E-state index contributed by atoms with van der Waals surface area (Å²) in [5, 5.41) is 14.5. The Morgan fingerprint density at radius 3 is 3.05 bits per heavy atom. The van der Waals surface area contributed by atoms with Gasteiger partial charge >= 0.3 is 12.0 Å². The van der Waals surface area contributed by atoms with E-state index in [0.717, 1.165) is 25.7 Å². The molecule has 0 spiro atoms. The van der Waals surface area contributed by atoms with Crippen LogP contribution in [0.3, 0.4) is 0 Å². The van der Waals surface area contributed by atoms with Crippen LogP contribution in [0.4, 0.5) is 4.79 Å². The van der Waals surface area contributed by atoms with E-state index in [1.807, 2.05) is 0 Å². The average molecular weight is 308 g/mol. The van der Waals surface area contributed by atoms with Gasteiger partial charge in [-0.3, -0.25) is 0 Å². The first-order valence-corrected chi connectivity index (χ1v) is 8.28.